The number of nitrogens with two attached hydrogens (primary N) is 1. The summed E-state index contributed by atoms with van der Waals surface area (Å²) in [5.74, 6) is 0.609. The van der Waals surface area contributed by atoms with Crippen LogP contribution in [-0.2, 0) is 11.3 Å². The fraction of sp³-hybridized carbons (Fsp3) is 0.500. The lowest BCUT2D eigenvalue weighted by molar-refractivity contribution is -0.130. The monoisotopic (exact) mass is 234 g/mol. The number of amides is 1. The zero-order chi connectivity index (χ0) is 12.7. The molecule has 0 aliphatic heterocycles. The molecule has 1 rings (SSSR count). The van der Waals surface area contributed by atoms with E-state index in [9.17, 15) is 4.79 Å². The predicted octanol–water partition coefficient (Wildman–Crippen LogP) is 2.02. The second-order valence-corrected chi connectivity index (χ2v) is 4.61. The van der Waals surface area contributed by atoms with Crippen LogP contribution in [0.3, 0.4) is 0 Å². The van der Waals surface area contributed by atoms with E-state index in [1.54, 1.807) is 4.90 Å². The minimum Gasteiger partial charge on any atom is -0.341 e. The number of hydrogen-bond acceptors (Lipinski definition) is 2. The Hall–Kier alpha value is -1.35. The molecule has 0 radical (unpaired) electrons. The normalized spacial score (nSPS) is 12.2. The first-order chi connectivity index (χ1) is 8.13. The zero-order valence-electron chi connectivity index (χ0n) is 10.7. The summed E-state index contributed by atoms with van der Waals surface area (Å²) in [5.41, 5.74) is 6.70. The highest BCUT2D eigenvalue weighted by Gasteiger charge is 2.10. The highest BCUT2D eigenvalue weighted by molar-refractivity contribution is 5.75. The Morgan fingerprint density at radius 3 is 2.59 bits per heavy atom. The van der Waals surface area contributed by atoms with Crippen molar-refractivity contribution in [2.45, 2.75) is 26.3 Å². The maximum Gasteiger partial charge on any atom is 0.222 e. The van der Waals surface area contributed by atoms with Gasteiger partial charge in [-0.1, -0.05) is 37.3 Å². The van der Waals surface area contributed by atoms with E-state index >= 15 is 0 Å². The fourth-order valence-corrected chi connectivity index (χ4v) is 1.62. The van der Waals surface area contributed by atoms with Crippen LogP contribution >= 0.6 is 0 Å². The quantitative estimate of drug-likeness (QED) is 0.818. The molecule has 0 aromatic heterocycles. The molecule has 3 heteroatoms. The number of benzene rings is 1. The van der Waals surface area contributed by atoms with Crippen LogP contribution in [0.1, 0.15) is 25.3 Å². The maximum atomic E-state index is 11.9. The Kier molecular flexibility index (Phi) is 5.70. The van der Waals surface area contributed by atoms with Gasteiger partial charge in [0, 0.05) is 20.0 Å². The zero-order valence-corrected chi connectivity index (χ0v) is 10.7. The molecular weight excluding hydrogens is 212 g/mol. The van der Waals surface area contributed by atoms with Crippen LogP contribution in [0.15, 0.2) is 30.3 Å². The molecule has 0 saturated carbocycles. The lowest BCUT2D eigenvalue weighted by Crippen LogP contribution is -2.26. The molecule has 2 N–H and O–H groups in total. The van der Waals surface area contributed by atoms with Gasteiger partial charge in [0.2, 0.25) is 5.91 Å². The van der Waals surface area contributed by atoms with Crippen LogP contribution in [0.2, 0.25) is 0 Å². The van der Waals surface area contributed by atoms with Gasteiger partial charge in [-0.3, -0.25) is 4.79 Å². The molecule has 17 heavy (non-hydrogen) atoms. The summed E-state index contributed by atoms with van der Waals surface area (Å²) in [7, 11) is 1.85. The summed E-state index contributed by atoms with van der Waals surface area (Å²) in [5, 5.41) is 0. The fourth-order valence-electron chi connectivity index (χ4n) is 1.62. The minimum atomic E-state index is 0.189. The minimum absolute atomic E-state index is 0.189. The summed E-state index contributed by atoms with van der Waals surface area (Å²) < 4.78 is 0. The Bertz CT molecular complexity index is 337. The number of carbonyl (C=O) groups is 1. The summed E-state index contributed by atoms with van der Waals surface area (Å²) in [6.07, 6.45) is 1.45. The van der Waals surface area contributed by atoms with E-state index in [0.29, 0.717) is 25.4 Å². The molecule has 0 aliphatic carbocycles. The largest absolute Gasteiger partial charge is 0.341 e. The van der Waals surface area contributed by atoms with Gasteiger partial charge in [0.25, 0.3) is 0 Å². The number of carbonyl (C=O) groups excluding carboxylic acids is 1. The summed E-state index contributed by atoms with van der Waals surface area (Å²) in [6.45, 7) is 3.40. The first-order valence-corrected chi connectivity index (χ1v) is 6.11. The molecule has 1 atom stereocenters. The van der Waals surface area contributed by atoms with Gasteiger partial charge in [-0.2, -0.15) is 0 Å². The third kappa shape index (κ3) is 5.00. The first kappa shape index (κ1) is 13.7. The van der Waals surface area contributed by atoms with E-state index < -0.39 is 0 Å². The van der Waals surface area contributed by atoms with Crippen LogP contribution in [0, 0.1) is 5.92 Å². The van der Waals surface area contributed by atoms with Crippen LogP contribution < -0.4 is 5.73 Å². The molecule has 1 unspecified atom stereocenters. The molecule has 0 heterocycles. The van der Waals surface area contributed by atoms with Gasteiger partial charge >= 0.3 is 0 Å². The van der Waals surface area contributed by atoms with E-state index in [0.717, 1.165) is 12.0 Å². The molecule has 0 bridgehead atoms. The molecular formula is C14H22N2O. The van der Waals surface area contributed by atoms with E-state index in [4.69, 9.17) is 5.73 Å². The van der Waals surface area contributed by atoms with Crippen LogP contribution in [0.5, 0.6) is 0 Å². The third-order valence-corrected chi connectivity index (χ3v) is 2.94. The van der Waals surface area contributed by atoms with E-state index in [2.05, 4.69) is 6.92 Å². The molecule has 0 aliphatic rings. The van der Waals surface area contributed by atoms with Gasteiger partial charge in [0.05, 0.1) is 0 Å². The Labute approximate surface area is 104 Å². The average Bonchev–Trinajstić information content (AvgIpc) is 2.36. The average molecular weight is 234 g/mol. The van der Waals surface area contributed by atoms with Gasteiger partial charge in [0.15, 0.2) is 0 Å². The molecule has 1 aromatic carbocycles. The van der Waals surface area contributed by atoms with Crippen molar-refractivity contribution in [1.29, 1.82) is 0 Å². The van der Waals surface area contributed by atoms with Crippen LogP contribution in [0.25, 0.3) is 0 Å². The molecule has 94 valence electrons. The topological polar surface area (TPSA) is 46.3 Å². The maximum absolute atomic E-state index is 11.9. The van der Waals surface area contributed by atoms with Gasteiger partial charge in [-0.25, -0.2) is 0 Å². The van der Waals surface area contributed by atoms with Gasteiger partial charge in [-0.15, -0.1) is 0 Å². The third-order valence-electron chi connectivity index (χ3n) is 2.94. The Morgan fingerprint density at radius 2 is 2.00 bits per heavy atom. The SMILES string of the molecule is CC(CN)CCC(=O)N(C)Cc1ccccc1. The number of hydrogen-bond donors (Lipinski definition) is 1. The lowest BCUT2D eigenvalue weighted by atomic mass is 10.1. The highest BCUT2D eigenvalue weighted by atomic mass is 16.2. The van der Waals surface area contributed by atoms with Crippen LogP contribution in [-0.4, -0.2) is 24.4 Å². The smallest absolute Gasteiger partial charge is 0.222 e. The summed E-state index contributed by atoms with van der Waals surface area (Å²) in [6, 6.07) is 10.0. The number of rotatable bonds is 6. The van der Waals surface area contributed by atoms with Crippen molar-refractivity contribution in [2.24, 2.45) is 11.7 Å². The van der Waals surface area contributed by atoms with Gasteiger partial charge in [0.1, 0.15) is 0 Å². The van der Waals surface area contributed by atoms with Crippen molar-refractivity contribution in [2.75, 3.05) is 13.6 Å². The highest BCUT2D eigenvalue weighted by Crippen LogP contribution is 2.08. The Morgan fingerprint density at radius 1 is 1.35 bits per heavy atom. The Balaban J connectivity index is 2.37. The van der Waals surface area contributed by atoms with Gasteiger partial charge in [-0.05, 0) is 24.4 Å². The summed E-state index contributed by atoms with van der Waals surface area (Å²) >= 11 is 0. The summed E-state index contributed by atoms with van der Waals surface area (Å²) in [4.78, 5) is 13.6. The van der Waals surface area contributed by atoms with Crippen molar-refractivity contribution in [3.05, 3.63) is 35.9 Å². The van der Waals surface area contributed by atoms with Crippen molar-refractivity contribution >= 4 is 5.91 Å². The molecule has 0 fully saturated rings. The predicted molar refractivity (Wildman–Crippen MR) is 70.4 cm³/mol. The van der Waals surface area contributed by atoms with Crippen molar-refractivity contribution < 1.29 is 4.79 Å². The van der Waals surface area contributed by atoms with E-state index in [-0.39, 0.29) is 5.91 Å². The number of nitrogens with zero attached hydrogens (tertiary/aromatic N) is 1. The second kappa shape index (κ2) is 7.07. The molecule has 1 amide bonds. The molecule has 0 spiro atoms. The van der Waals surface area contributed by atoms with E-state index in [1.165, 1.54) is 0 Å². The second-order valence-electron chi connectivity index (χ2n) is 4.61. The first-order valence-electron chi connectivity index (χ1n) is 6.11. The van der Waals surface area contributed by atoms with Crippen molar-refractivity contribution in [3.63, 3.8) is 0 Å². The molecule has 0 saturated heterocycles. The molecule has 3 nitrogen and oxygen atoms in total. The van der Waals surface area contributed by atoms with Gasteiger partial charge < -0.3 is 10.6 Å². The standard InChI is InChI=1S/C14H22N2O/c1-12(10-15)8-9-14(17)16(2)11-13-6-4-3-5-7-13/h3-7,12H,8-11,15H2,1-2H3. The van der Waals surface area contributed by atoms with Crippen molar-refractivity contribution in [3.8, 4) is 0 Å². The lowest BCUT2D eigenvalue weighted by Gasteiger charge is -2.18. The van der Waals surface area contributed by atoms with E-state index in [1.807, 2.05) is 37.4 Å². The van der Waals surface area contributed by atoms with Crippen LogP contribution in [0.4, 0.5) is 0 Å². The van der Waals surface area contributed by atoms with Crippen molar-refractivity contribution in [1.82, 2.24) is 4.90 Å². The molecule has 1 aromatic rings.